The second-order valence-corrected chi connectivity index (χ2v) is 4.91. The molecule has 0 saturated heterocycles. The monoisotopic (exact) mass is 282 g/mol. The fourth-order valence-corrected chi connectivity index (χ4v) is 2.29. The quantitative estimate of drug-likeness (QED) is 0.642. The summed E-state index contributed by atoms with van der Waals surface area (Å²) in [6.45, 7) is 0. The summed E-state index contributed by atoms with van der Waals surface area (Å²) in [4.78, 5) is 1.01. The van der Waals surface area contributed by atoms with Crippen molar-refractivity contribution in [1.29, 1.82) is 0 Å². The Hall–Kier alpha value is -1.39. The lowest BCUT2D eigenvalue weighted by molar-refractivity contribution is 0.633. The van der Waals surface area contributed by atoms with Gasteiger partial charge in [0.05, 0.1) is 22.1 Å². The van der Waals surface area contributed by atoms with E-state index in [1.807, 2.05) is 30.5 Å². The molecule has 0 aliphatic rings. The van der Waals surface area contributed by atoms with Gasteiger partial charge in [-0.1, -0.05) is 23.7 Å². The van der Waals surface area contributed by atoms with Gasteiger partial charge in [-0.3, -0.25) is 0 Å². The number of anilines is 3. The van der Waals surface area contributed by atoms with E-state index in [-0.39, 0.29) is 10.7 Å². The van der Waals surface area contributed by atoms with E-state index in [0.717, 1.165) is 10.6 Å². The van der Waals surface area contributed by atoms with Gasteiger partial charge < -0.3 is 11.1 Å². The summed E-state index contributed by atoms with van der Waals surface area (Å²) in [6, 6.07) is 10.6. The Balaban J connectivity index is 2.43. The summed E-state index contributed by atoms with van der Waals surface area (Å²) in [7, 11) is 0. The van der Waals surface area contributed by atoms with Crippen LogP contribution < -0.4 is 11.1 Å². The van der Waals surface area contributed by atoms with Crippen molar-refractivity contribution in [3.63, 3.8) is 0 Å². The molecule has 0 aliphatic carbocycles. The lowest BCUT2D eigenvalue weighted by Gasteiger charge is -2.13. The van der Waals surface area contributed by atoms with E-state index in [1.165, 1.54) is 6.07 Å². The molecule has 0 fully saturated rings. The maximum Gasteiger partial charge on any atom is 0.167 e. The molecule has 2 aromatic rings. The number of nitrogen functional groups attached to an aromatic ring is 1. The van der Waals surface area contributed by atoms with Crippen molar-refractivity contribution in [2.45, 2.75) is 4.90 Å². The Labute approximate surface area is 114 Å². The molecule has 0 amide bonds. The van der Waals surface area contributed by atoms with Crippen LogP contribution in [0.25, 0.3) is 0 Å². The number of thioether (sulfide) groups is 1. The Morgan fingerprint density at radius 1 is 1.22 bits per heavy atom. The molecule has 5 heteroatoms. The van der Waals surface area contributed by atoms with Crippen molar-refractivity contribution >= 4 is 40.4 Å². The highest BCUT2D eigenvalue weighted by atomic mass is 35.5. The van der Waals surface area contributed by atoms with Gasteiger partial charge in [0, 0.05) is 4.90 Å². The molecule has 3 N–H and O–H groups in total. The zero-order valence-corrected chi connectivity index (χ0v) is 11.3. The zero-order chi connectivity index (χ0) is 13.1. The number of para-hydroxylation sites is 1. The number of benzene rings is 2. The third kappa shape index (κ3) is 2.54. The minimum absolute atomic E-state index is 0.0494. The van der Waals surface area contributed by atoms with E-state index in [9.17, 15) is 4.39 Å². The molecule has 2 rings (SSSR count). The third-order valence-electron chi connectivity index (χ3n) is 2.49. The highest BCUT2D eigenvalue weighted by Crippen LogP contribution is 2.34. The van der Waals surface area contributed by atoms with E-state index in [1.54, 1.807) is 17.8 Å². The molecule has 0 heterocycles. The molecule has 0 aliphatic heterocycles. The van der Waals surface area contributed by atoms with Gasteiger partial charge in [-0.05, 0) is 30.5 Å². The van der Waals surface area contributed by atoms with Gasteiger partial charge in [0.15, 0.2) is 5.82 Å². The smallest absolute Gasteiger partial charge is 0.167 e. The highest BCUT2D eigenvalue weighted by Gasteiger charge is 2.12. The molecule has 0 atom stereocenters. The summed E-state index contributed by atoms with van der Waals surface area (Å²) in [5.41, 5.74) is 7.10. The fraction of sp³-hybridized carbons (Fsp3) is 0.0769. The van der Waals surface area contributed by atoms with Gasteiger partial charge in [0.1, 0.15) is 0 Å². The van der Waals surface area contributed by atoms with Gasteiger partial charge in [-0.2, -0.15) is 0 Å². The van der Waals surface area contributed by atoms with Crippen LogP contribution in [0.3, 0.4) is 0 Å². The van der Waals surface area contributed by atoms with Crippen LogP contribution in [-0.4, -0.2) is 6.26 Å². The normalized spacial score (nSPS) is 10.4. The van der Waals surface area contributed by atoms with E-state index < -0.39 is 5.82 Å². The Kier molecular flexibility index (Phi) is 3.99. The number of nitrogens with one attached hydrogen (secondary N) is 1. The first kappa shape index (κ1) is 13.1. The largest absolute Gasteiger partial charge is 0.397 e. The molecular weight excluding hydrogens is 271 g/mol. The number of rotatable bonds is 3. The second kappa shape index (κ2) is 5.50. The maximum atomic E-state index is 13.9. The molecule has 0 spiro atoms. The van der Waals surface area contributed by atoms with Gasteiger partial charge in [0.25, 0.3) is 0 Å². The number of hydrogen-bond donors (Lipinski definition) is 2. The summed E-state index contributed by atoms with van der Waals surface area (Å²) >= 11 is 7.32. The Morgan fingerprint density at radius 2 is 1.94 bits per heavy atom. The maximum absolute atomic E-state index is 13.9. The van der Waals surface area contributed by atoms with Crippen molar-refractivity contribution in [3.05, 3.63) is 47.2 Å². The van der Waals surface area contributed by atoms with Crippen LogP contribution in [0.15, 0.2) is 41.3 Å². The molecule has 0 saturated carbocycles. The lowest BCUT2D eigenvalue weighted by Crippen LogP contribution is -2.00. The predicted molar refractivity (Wildman–Crippen MR) is 77.3 cm³/mol. The average Bonchev–Trinajstić information content (AvgIpc) is 2.39. The minimum Gasteiger partial charge on any atom is -0.397 e. The summed E-state index contributed by atoms with van der Waals surface area (Å²) < 4.78 is 13.9. The summed E-state index contributed by atoms with van der Waals surface area (Å²) in [6.07, 6.45) is 1.96. The van der Waals surface area contributed by atoms with Crippen molar-refractivity contribution < 1.29 is 4.39 Å². The Bertz CT molecular complexity index is 575. The van der Waals surface area contributed by atoms with E-state index >= 15 is 0 Å². The molecule has 0 bridgehead atoms. The molecule has 2 aromatic carbocycles. The SMILES string of the molecule is CSc1ccccc1Nc1c(N)ccc(Cl)c1F. The molecule has 2 nitrogen and oxygen atoms in total. The average molecular weight is 283 g/mol. The van der Waals surface area contributed by atoms with E-state index in [4.69, 9.17) is 17.3 Å². The van der Waals surface area contributed by atoms with Crippen molar-refractivity contribution in [2.24, 2.45) is 0 Å². The topological polar surface area (TPSA) is 38.0 Å². The van der Waals surface area contributed by atoms with Crippen LogP contribution in [0.2, 0.25) is 5.02 Å². The zero-order valence-electron chi connectivity index (χ0n) is 9.71. The van der Waals surface area contributed by atoms with Crippen molar-refractivity contribution in [3.8, 4) is 0 Å². The number of nitrogens with two attached hydrogens (primary N) is 1. The second-order valence-electron chi connectivity index (χ2n) is 3.65. The van der Waals surface area contributed by atoms with Crippen molar-refractivity contribution in [1.82, 2.24) is 0 Å². The van der Waals surface area contributed by atoms with Gasteiger partial charge in [-0.15, -0.1) is 11.8 Å². The van der Waals surface area contributed by atoms with Crippen LogP contribution in [-0.2, 0) is 0 Å². The third-order valence-corrected chi connectivity index (χ3v) is 3.58. The molecule has 0 aromatic heterocycles. The van der Waals surface area contributed by atoms with Crippen LogP contribution in [0.1, 0.15) is 0 Å². The summed E-state index contributed by atoms with van der Waals surface area (Å²) in [5, 5.41) is 3.04. The van der Waals surface area contributed by atoms with Gasteiger partial charge in [0.2, 0.25) is 0 Å². The predicted octanol–water partition coefficient (Wildman–Crippen LogP) is 4.53. The van der Waals surface area contributed by atoms with E-state index in [2.05, 4.69) is 5.32 Å². The van der Waals surface area contributed by atoms with Crippen molar-refractivity contribution in [2.75, 3.05) is 17.3 Å². The summed E-state index contributed by atoms with van der Waals surface area (Å²) in [5.74, 6) is -0.535. The van der Waals surface area contributed by atoms with Crippen LogP contribution in [0.5, 0.6) is 0 Å². The molecular formula is C13H12ClFN2S. The molecule has 94 valence electrons. The first-order valence-electron chi connectivity index (χ1n) is 5.27. The van der Waals surface area contributed by atoms with Crippen LogP contribution in [0.4, 0.5) is 21.5 Å². The first-order valence-corrected chi connectivity index (χ1v) is 6.87. The molecule has 0 unspecified atom stereocenters. The van der Waals surface area contributed by atoms with E-state index in [0.29, 0.717) is 5.69 Å². The minimum atomic E-state index is -0.535. The highest BCUT2D eigenvalue weighted by molar-refractivity contribution is 7.98. The lowest BCUT2D eigenvalue weighted by atomic mass is 10.2. The molecule has 0 radical (unpaired) electrons. The first-order chi connectivity index (χ1) is 8.63. The molecule has 18 heavy (non-hydrogen) atoms. The Morgan fingerprint density at radius 3 is 2.67 bits per heavy atom. The van der Waals surface area contributed by atoms with Crippen LogP contribution >= 0.6 is 23.4 Å². The fourth-order valence-electron chi connectivity index (χ4n) is 1.58. The van der Waals surface area contributed by atoms with Crippen LogP contribution in [0, 0.1) is 5.82 Å². The van der Waals surface area contributed by atoms with Gasteiger partial charge >= 0.3 is 0 Å². The number of halogens is 2. The van der Waals surface area contributed by atoms with Gasteiger partial charge in [-0.25, -0.2) is 4.39 Å². The standard InChI is InChI=1S/C13H12ClFN2S/c1-18-11-5-3-2-4-10(11)17-13-9(16)7-6-8(14)12(13)15/h2-7,17H,16H2,1H3. The number of hydrogen-bond acceptors (Lipinski definition) is 3.